The number of aromatic nitrogens is 1. The Hall–Kier alpha value is -1.13. The molecule has 5 heteroatoms. The van der Waals surface area contributed by atoms with Crippen LogP contribution in [0.15, 0.2) is 12.3 Å². The Morgan fingerprint density at radius 1 is 1.65 bits per heavy atom. The Kier molecular flexibility index (Phi) is 3.64. The van der Waals surface area contributed by atoms with E-state index in [1.165, 1.54) is 6.20 Å². The number of hydrogen-bond donors (Lipinski definition) is 0. The van der Waals surface area contributed by atoms with Gasteiger partial charge in [-0.05, 0) is 25.0 Å². The quantitative estimate of drug-likeness (QED) is 0.757. The molecular formula is C12H15ClN2O2. The Balaban J connectivity index is 2.18. The minimum absolute atomic E-state index is 0.0258. The van der Waals surface area contributed by atoms with Crippen LogP contribution in [0.25, 0.3) is 0 Å². The molecule has 0 radical (unpaired) electrons. The van der Waals surface area contributed by atoms with Crippen molar-refractivity contribution in [3.63, 3.8) is 0 Å². The molecule has 1 fully saturated rings. The van der Waals surface area contributed by atoms with Gasteiger partial charge in [-0.2, -0.15) is 0 Å². The van der Waals surface area contributed by atoms with Gasteiger partial charge in [0.25, 0.3) is 5.91 Å². The third-order valence-electron chi connectivity index (χ3n) is 3.08. The molecule has 1 saturated heterocycles. The summed E-state index contributed by atoms with van der Waals surface area (Å²) in [5.74, 6) is -0.0258. The largest absolute Gasteiger partial charge is 0.379 e. The molecule has 0 aliphatic carbocycles. The van der Waals surface area contributed by atoms with E-state index in [0.29, 0.717) is 17.3 Å². The fourth-order valence-corrected chi connectivity index (χ4v) is 2.14. The summed E-state index contributed by atoms with van der Waals surface area (Å²) in [5, 5.41) is 0.408. The SMILES string of the molecule is Cc1cc(Cl)ncc1C(=O)N(C)[C@H]1CCOC1. The van der Waals surface area contributed by atoms with Gasteiger partial charge in [0.05, 0.1) is 18.2 Å². The van der Waals surface area contributed by atoms with Crippen molar-refractivity contribution in [1.82, 2.24) is 9.88 Å². The molecule has 2 rings (SSSR count). The highest BCUT2D eigenvalue weighted by Crippen LogP contribution is 2.17. The number of nitrogens with zero attached hydrogens (tertiary/aromatic N) is 2. The Morgan fingerprint density at radius 3 is 3.00 bits per heavy atom. The zero-order chi connectivity index (χ0) is 12.4. The highest BCUT2D eigenvalue weighted by molar-refractivity contribution is 6.29. The predicted molar refractivity (Wildman–Crippen MR) is 65.3 cm³/mol. The first kappa shape index (κ1) is 12.3. The molecule has 0 saturated carbocycles. The second kappa shape index (κ2) is 5.02. The maximum Gasteiger partial charge on any atom is 0.255 e. The van der Waals surface area contributed by atoms with E-state index >= 15 is 0 Å². The van der Waals surface area contributed by atoms with E-state index in [4.69, 9.17) is 16.3 Å². The van der Waals surface area contributed by atoms with Crippen LogP contribution in [-0.2, 0) is 4.74 Å². The smallest absolute Gasteiger partial charge is 0.255 e. The van der Waals surface area contributed by atoms with E-state index in [0.717, 1.165) is 18.6 Å². The van der Waals surface area contributed by atoms with Gasteiger partial charge in [0.2, 0.25) is 0 Å². The summed E-state index contributed by atoms with van der Waals surface area (Å²) in [6.07, 6.45) is 2.43. The molecule has 4 nitrogen and oxygen atoms in total. The molecular weight excluding hydrogens is 240 g/mol. The Labute approximate surface area is 106 Å². The van der Waals surface area contributed by atoms with Crippen LogP contribution >= 0.6 is 11.6 Å². The predicted octanol–water partition coefficient (Wildman–Crippen LogP) is 1.90. The van der Waals surface area contributed by atoms with E-state index < -0.39 is 0 Å². The highest BCUT2D eigenvalue weighted by Gasteiger charge is 2.25. The van der Waals surface area contributed by atoms with Crippen molar-refractivity contribution in [2.24, 2.45) is 0 Å². The normalized spacial score (nSPS) is 19.4. The third-order valence-corrected chi connectivity index (χ3v) is 3.29. The van der Waals surface area contributed by atoms with E-state index in [-0.39, 0.29) is 11.9 Å². The number of carbonyl (C=O) groups excluding carboxylic acids is 1. The molecule has 1 amide bonds. The summed E-state index contributed by atoms with van der Waals surface area (Å²) >= 11 is 5.77. The number of carbonyl (C=O) groups is 1. The average Bonchev–Trinajstić information content (AvgIpc) is 2.80. The van der Waals surface area contributed by atoms with Gasteiger partial charge >= 0.3 is 0 Å². The van der Waals surface area contributed by atoms with Crippen LogP contribution in [0.5, 0.6) is 0 Å². The second-order valence-corrected chi connectivity index (χ2v) is 4.64. The number of ether oxygens (including phenoxy) is 1. The fraction of sp³-hybridized carbons (Fsp3) is 0.500. The molecule has 0 bridgehead atoms. The molecule has 0 spiro atoms. The summed E-state index contributed by atoms with van der Waals surface area (Å²) in [6, 6.07) is 1.87. The van der Waals surface area contributed by atoms with Crippen molar-refractivity contribution in [3.8, 4) is 0 Å². The molecule has 1 aliphatic rings. The number of hydrogen-bond acceptors (Lipinski definition) is 3. The first-order valence-corrected chi connectivity index (χ1v) is 5.94. The van der Waals surface area contributed by atoms with Crippen molar-refractivity contribution in [2.75, 3.05) is 20.3 Å². The summed E-state index contributed by atoms with van der Waals surface area (Å²) in [5.41, 5.74) is 1.45. The van der Waals surface area contributed by atoms with Crippen molar-refractivity contribution in [2.45, 2.75) is 19.4 Å². The van der Waals surface area contributed by atoms with Gasteiger partial charge in [0.1, 0.15) is 5.15 Å². The number of amides is 1. The van der Waals surface area contributed by atoms with Crippen LogP contribution in [-0.4, -0.2) is 42.1 Å². The van der Waals surface area contributed by atoms with E-state index in [2.05, 4.69) is 4.98 Å². The molecule has 92 valence electrons. The van der Waals surface area contributed by atoms with Gasteiger partial charge in [0, 0.05) is 19.9 Å². The number of rotatable bonds is 2. The number of pyridine rings is 1. The van der Waals surface area contributed by atoms with Crippen LogP contribution in [0.3, 0.4) is 0 Å². The molecule has 1 aliphatic heterocycles. The highest BCUT2D eigenvalue weighted by atomic mass is 35.5. The Morgan fingerprint density at radius 2 is 2.41 bits per heavy atom. The van der Waals surface area contributed by atoms with Crippen molar-refractivity contribution in [3.05, 3.63) is 28.5 Å². The summed E-state index contributed by atoms with van der Waals surface area (Å²) < 4.78 is 5.28. The second-order valence-electron chi connectivity index (χ2n) is 4.26. The molecule has 17 heavy (non-hydrogen) atoms. The minimum atomic E-state index is -0.0258. The topological polar surface area (TPSA) is 42.4 Å². The van der Waals surface area contributed by atoms with Crippen molar-refractivity contribution in [1.29, 1.82) is 0 Å². The van der Waals surface area contributed by atoms with Crippen LogP contribution in [0.1, 0.15) is 22.3 Å². The monoisotopic (exact) mass is 254 g/mol. The lowest BCUT2D eigenvalue weighted by Crippen LogP contribution is -2.37. The Bertz CT molecular complexity index is 431. The van der Waals surface area contributed by atoms with E-state index in [9.17, 15) is 4.79 Å². The lowest BCUT2D eigenvalue weighted by molar-refractivity contribution is 0.0710. The van der Waals surface area contributed by atoms with Gasteiger partial charge in [-0.3, -0.25) is 4.79 Å². The average molecular weight is 255 g/mol. The number of halogens is 1. The van der Waals surface area contributed by atoms with Crippen LogP contribution < -0.4 is 0 Å². The van der Waals surface area contributed by atoms with Crippen LogP contribution in [0.4, 0.5) is 0 Å². The molecule has 1 atom stereocenters. The van der Waals surface area contributed by atoms with Crippen molar-refractivity contribution < 1.29 is 9.53 Å². The molecule has 0 N–H and O–H groups in total. The molecule has 0 aromatic carbocycles. The molecule has 1 aromatic heterocycles. The zero-order valence-electron chi connectivity index (χ0n) is 9.94. The number of likely N-dealkylation sites (N-methyl/N-ethyl adjacent to an activating group) is 1. The van der Waals surface area contributed by atoms with Crippen molar-refractivity contribution >= 4 is 17.5 Å². The lowest BCUT2D eigenvalue weighted by atomic mass is 10.1. The molecule has 0 unspecified atom stereocenters. The van der Waals surface area contributed by atoms with Gasteiger partial charge < -0.3 is 9.64 Å². The minimum Gasteiger partial charge on any atom is -0.379 e. The first-order valence-electron chi connectivity index (χ1n) is 5.56. The fourth-order valence-electron chi connectivity index (χ4n) is 1.93. The van der Waals surface area contributed by atoms with Gasteiger partial charge in [0.15, 0.2) is 0 Å². The summed E-state index contributed by atoms with van der Waals surface area (Å²) in [6.45, 7) is 3.20. The van der Waals surface area contributed by atoms with Gasteiger partial charge in [-0.25, -0.2) is 4.98 Å². The van der Waals surface area contributed by atoms with Crippen LogP contribution in [0, 0.1) is 6.92 Å². The standard InChI is InChI=1S/C12H15ClN2O2/c1-8-5-11(13)14-6-10(8)12(16)15(2)9-3-4-17-7-9/h5-6,9H,3-4,7H2,1-2H3/t9-/m0/s1. The third kappa shape index (κ3) is 2.58. The molecule has 2 heterocycles. The molecule has 1 aromatic rings. The van der Waals surface area contributed by atoms with Gasteiger partial charge in [-0.1, -0.05) is 11.6 Å². The van der Waals surface area contributed by atoms with Gasteiger partial charge in [-0.15, -0.1) is 0 Å². The van der Waals surface area contributed by atoms with Crippen LogP contribution in [0.2, 0.25) is 5.15 Å². The summed E-state index contributed by atoms with van der Waals surface area (Å²) in [4.78, 5) is 17.9. The maximum atomic E-state index is 12.3. The summed E-state index contributed by atoms with van der Waals surface area (Å²) in [7, 11) is 1.80. The lowest BCUT2D eigenvalue weighted by Gasteiger charge is -2.23. The first-order chi connectivity index (χ1) is 8.09. The van der Waals surface area contributed by atoms with E-state index in [1.807, 2.05) is 6.92 Å². The maximum absolute atomic E-state index is 12.3. The zero-order valence-corrected chi connectivity index (χ0v) is 10.7. The number of aryl methyl sites for hydroxylation is 1. The van der Waals surface area contributed by atoms with E-state index in [1.54, 1.807) is 18.0 Å².